The third-order valence-corrected chi connectivity index (χ3v) is 4.02. The monoisotopic (exact) mass is 299 g/mol. The number of benzene rings is 1. The van der Waals surface area contributed by atoms with Gasteiger partial charge in [0.05, 0.1) is 19.0 Å². The number of rotatable bonds is 4. The molecule has 2 aromatic rings. The number of carbonyl (C=O) groups excluding carboxylic acids is 1. The molecule has 0 unspecified atom stereocenters. The Kier molecular flexibility index (Phi) is 4.13. The average molecular weight is 299 g/mol. The fraction of sp³-hybridized carbons (Fsp3) is 0.412. The minimum atomic E-state index is 0.124. The van der Waals surface area contributed by atoms with Crippen molar-refractivity contribution in [2.45, 2.75) is 32.7 Å². The van der Waals surface area contributed by atoms with Crippen LogP contribution in [-0.4, -0.2) is 29.3 Å². The average Bonchev–Trinajstić information content (AvgIpc) is 2.97. The summed E-state index contributed by atoms with van der Waals surface area (Å²) in [6.07, 6.45) is 6.20. The van der Waals surface area contributed by atoms with Crippen molar-refractivity contribution in [1.82, 2.24) is 9.78 Å². The highest BCUT2D eigenvalue weighted by atomic mass is 16.5. The Labute approximate surface area is 130 Å². The van der Waals surface area contributed by atoms with Crippen molar-refractivity contribution in [2.75, 3.05) is 18.6 Å². The number of fused-ring (bicyclic) bond motifs is 1. The molecule has 1 aliphatic rings. The van der Waals surface area contributed by atoms with Gasteiger partial charge in [-0.15, -0.1) is 0 Å². The minimum Gasteiger partial charge on any atom is -0.495 e. The highest BCUT2D eigenvalue weighted by Crippen LogP contribution is 2.36. The number of methoxy groups -OCH3 is 1. The minimum absolute atomic E-state index is 0.124. The number of anilines is 1. The first-order valence-electron chi connectivity index (χ1n) is 7.64. The maximum Gasteiger partial charge on any atom is 0.228 e. The van der Waals surface area contributed by atoms with Gasteiger partial charge < -0.3 is 9.64 Å². The predicted molar refractivity (Wildman–Crippen MR) is 85.2 cm³/mol. The lowest BCUT2D eigenvalue weighted by atomic mass is 10.0. The van der Waals surface area contributed by atoms with Gasteiger partial charge >= 0.3 is 0 Å². The van der Waals surface area contributed by atoms with Crippen LogP contribution in [0.5, 0.6) is 5.75 Å². The standard InChI is InChI=1S/C17H21N3O2/c1-13-11-18-19(12-13)10-8-16(21)20-9-4-6-14-5-3-7-15(22-2)17(14)20/h3,5,7,11-12H,4,6,8-10H2,1-2H3. The first-order valence-corrected chi connectivity index (χ1v) is 7.64. The van der Waals surface area contributed by atoms with Crippen LogP contribution in [0.15, 0.2) is 30.6 Å². The molecule has 0 aliphatic carbocycles. The topological polar surface area (TPSA) is 47.4 Å². The molecule has 5 heteroatoms. The van der Waals surface area contributed by atoms with Gasteiger partial charge in [-0.05, 0) is 37.0 Å². The van der Waals surface area contributed by atoms with Gasteiger partial charge in [0.25, 0.3) is 0 Å². The number of hydrogen-bond donors (Lipinski definition) is 0. The van der Waals surface area contributed by atoms with Crippen LogP contribution in [-0.2, 0) is 17.8 Å². The van der Waals surface area contributed by atoms with Crippen LogP contribution >= 0.6 is 0 Å². The normalized spacial score (nSPS) is 13.8. The zero-order valence-electron chi connectivity index (χ0n) is 13.1. The molecule has 1 aromatic heterocycles. The summed E-state index contributed by atoms with van der Waals surface area (Å²) in [5.41, 5.74) is 3.24. The molecule has 0 saturated heterocycles. The Morgan fingerprint density at radius 2 is 2.27 bits per heavy atom. The van der Waals surface area contributed by atoms with Crippen molar-refractivity contribution >= 4 is 11.6 Å². The van der Waals surface area contributed by atoms with E-state index in [0.717, 1.165) is 36.4 Å². The Morgan fingerprint density at radius 1 is 1.41 bits per heavy atom. The molecular formula is C17H21N3O2. The van der Waals surface area contributed by atoms with E-state index in [1.807, 2.05) is 41.0 Å². The smallest absolute Gasteiger partial charge is 0.228 e. The lowest BCUT2D eigenvalue weighted by molar-refractivity contribution is -0.119. The second kappa shape index (κ2) is 6.22. The summed E-state index contributed by atoms with van der Waals surface area (Å²) in [4.78, 5) is 14.5. The van der Waals surface area contributed by atoms with Crippen molar-refractivity contribution in [3.63, 3.8) is 0 Å². The number of aryl methyl sites for hydroxylation is 3. The van der Waals surface area contributed by atoms with Crippen molar-refractivity contribution < 1.29 is 9.53 Å². The summed E-state index contributed by atoms with van der Waals surface area (Å²) >= 11 is 0. The van der Waals surface area contributed by atoms with Crippen LogP contribution < -0.4 is 9.64 Å². The highest BCUT2D eigenvalue weighted by molar-refractivity contribution is 5.96. The number of amides is 1. The van der Waals surface area contributed by atoms with Crippen molar-refractivity contribution in [2.24, 2.45) is 0 Å². The second-order valence-electron chi connectivity index (χ2n) is 5.65. The summed E-state index contributed by atoms with van der Waals surface area (Å²) in [6, 6.07) is 5.98. The Bertz CT molecular complexity index is 664. The lowest BCUT2D eigenvalue weighted by Gasteiger charge is -2.31. The van der Waals surface area contributed by atoms with Crippen LogP contribution in [0, 0.1) is 6.92 Å². The van der Waals surface area contributed by atoms with Crippen LogP contribution in [0.4, 0.5) is 5.69 Å². The highest BCUT2D eigenvalue weighted by Gasteiger charge is 2.25. The summed E-state index contributed by atoms with van der Waals surface area (Å²) in [5.74, 6) is 0.902. The van der Waals surface area contributed by atoms with Gasteiger partial charge in [0.15, 0.2) is 0 Å². The quantitative estimate of drug-likeness (QED) is 0.871. The van der Waals surface area contributed by atoms with Gasteiger partial charge in [-0.25, -0.2) is 0 Å². The Hall–Kier alpha value is -2.30. The van der Waals surface area contributed by atoms with Gasteiger partial charge in [0.2, 0.25) is 5.91 Å². The zero-order chi connectivity index (χ0) is 15.5. The van der Waals surface area contributed by atoms with Gasteiger partial charge in [-0.1, -0.05) is 12.1 Å². The zero-order valence-corrected chi connectivity index (χ0v) is 13.1. The Balaban J connectivity index is 1.77. The lowest BCUT2D eigenvalue weighted by Crippen LogP contribution is -2.36. The van der Waals surface area contributed by atoms with E-state index in [1.165, 1.54) is 5.56 Å². The summed E-state index contributed by atoms with van der Waals surface area (Å²) in [6.45, 7) is 3.36. The molecule has 0 N–H and O–H groups in total. The molecule has 1 amide bonds. The Morgan fingerprint density at radius 3 is 3.00 bits per heavy atom. The van der Waals surface area contributed by atoms with Crippen molar-refractivity contribution in [3.05, 3.63) is 41.7 Å². The van der Waals surface area contributed by atoms with Crippen LogP contribution in [0.1, 0.15) is 24.0 Å². The molecule has 5 nitrogen and oxygen atoms in total. The van der Waals surface area contributed by atoms with E-state index in [9.17, 15) is 4.79 Å². The molecule has 0 saturated carbocycles. The first-order chi connectivity index (χ1) is 10.7. The number of nitrogens with zero attached hydrogens (tertiary/aromatic N) is 3. The molecule has 22 heavy (non-hydrogen) atoms. The van der Waals surface area contributed by atoms with Gasteiger partial charge in [0, 0.05) is 25.7 Å². The SMILES string of the molecule is COc1cccc2c1N(C(=O)CCn1cc(C)cn1)CCC2. The molecule has 0 atom stereocenters. The molecule has 2 heterocycles. The summed E-state index contributed by atoms with van der Waals surface area (Å²) in [5, 5.41) is 4.23. The fourth-order valence-electron chi connectivity index (χ4n) is 2.96. The maximum absolute atomic E-state index is 12.6. The van der Waals surface area contributed by atoms with Gasteiger partial charge in [0.1, 0.15) is 5.75 Å². The fourth-order valence-corrected chi connectivity index (χ4v) is 2.96. The molecular weight excluding hydrogens is 278 g/mol. The van der Waals surface area contributed by atoms with E-state index in [-0.39, 0.29) is 5.91 Å². The van der Waals surface area contributed by atoms with Gasteiger partial charge in [-0.3, -0.25) is 9.48 Å². The summed E-state index contributed by atoms with van der Waals surface area (Å²) in [7, 11) is 1.65. The first kappa shape index (κ1) is 14.6. The molecule has 0 fully saturated rings. The van der Waals surface area contributed by atoms with Crippen LogP contribution in [0.3, 0.4) is 0 Å². The van der Waals surface area contributed by atoms with Crippen molar-refractivity contribution in [3.8, 4) is 5.75 Å². The van der Waals surface area contributed by atoms with Crippen molar-refractivity contribution in [1.29, 1.82) is 0 Å². The maximum atomic E-state index is 12.6. The van der Waals surface area contributed by atoms with E-state index in [0.29, 0.717) is 13.0 Å². The molecule has 3 rings (SSSR count). The third-order valence-electron chi connectivity index (χ3n) is 4.02. The summed E-state index contributed by atoms with van der Waals surface area (Å²) < 4.78 is 7.27. The largest absolute Gasteiger partial charge is 0.495 e. The molecule has 0 bridgehead atoms. The molecule has 1 aliphatic heterocycles. The number of carbonyl (C=O) groups is 1. The molecule has 0 spiro atoms. The molecule has 1 aromatic carbocycles. The number of para-hydroxylation sites is 1. The molecule has 0 radical (unpaired) electrons. The van der Waals surface area contributed by atoms with E-state index in [1.54, 1.807) is 7.11 Å². The molecule has 116 valence electrons. The van der Waals surface area contributed by atoms with E-state index < -0.39 is 0 Å². The van der Waals surface area contributed by atoms with Crippen LogP contribution in [0.2, 0.25) is 0 Å². The van der Waals surface area contributed by atoms with E-state index in [2.05, 4.69) is 11.2 Å². The number of ether oxygens (including phenoxy) is 1. The van der Waals surface area contributed by atoms with E-state index in [4.69, 9.17) is 4.74 Å². The number of aromatic nitrogens is 2. The third kappa shape index (κ3) is 2.84. The number of hydrogen-bond acceptors (Lipinski definition) is 3. The van der Waals surface area contributed by atoms with E-state index >= 15 is 0 Å². The van der Waals surface area contributed by atoms with Gasteiger partial charge in [-0.2, -0.15) is 5.10 Å². The van der Waals surface area contributed by atoms with Crippen LogP contribution in [0.25, 0.3) is 0 Å². The second-order valence-corrected chi connectivity index (χ2v) is 5.65. The predicted octanol–water partition coefficient (Wildman–Crippen LogP) is 2.57.